The highest BCUT2D eigenvalue weighted by Gasteiger charge is 1.98. The normalized spacial score (nSPS) is 10.7. The molecule has 0 aliphatic carbocycles. The summed E-state index contributed by atoms with van der Waals surface area (Å²) in [6, 6.07) is 4.13. The summed E-state index contributed by atoms with van der Waals surface area (Å²) >= 11 is 1.72. The SMILES string of the molecule is COCCCOCc1ccc(CN)s1. The minimum Gasteiger partial charge on any atom is -0.385 e. The van der Waals surface area contributed by atoms with Crippen LogP contribution in [-0.4, -0.2) is 20.3 Å². The zero-order chi connectivity index (χ0) is 10.2. The third-order valence-corrected chi connectivity index (χ3v) is 2.88. The van der Waals surface area contributed by atoms with Gasteiger partial charge in [0.2, 0.25) is 0 Å². The van der Waals surface area contributed by atoms with Crippen molar-refractivity contribution in [3.63, 3.8) is 0 Å². The van der Waals surface area contributed by atoms with Gasteiger partial charge in [-0.2, -0.15) is 0 Å². The molecule has 0 spiro atoms. The average Bonchev–Trinajstić information content (AvgIpc) is 2.65. The van der Waals surface area contributed by atoms with Gasteiger partial charge >= 0.3 is 0 Å². The van der Waals surface area contributed by atoms with Crippen LogP contribution in [0.4, 0.5) is 0 Å². The number of ether oxygens (including phenoxy) is 2. The van der Waals surface area contributed by atoms with Crippen LogP contribution in [0.5, 0.6) is 0 Å². The molecular formula is C10H17NO2S. The lowest BCUT2D eigenvalue weighted by Crippen LogP contribution is -1.98. The second-order valence-corrected chi connectivity index (χ2v) is 4.22. The number of rotatable bonds is 7. The predicted octanol–water partition coefficient (Wildman–Crippen LogP) is 1.76. The van der Waals surface area contributed by atoms with Gasteiger partial charge < -0.3 is 15.2 Å². The zero-order valence-corrected chi connectivity index (χ0v) is 9.31. The Bertz CT molecular complexity index is 250. The Hall–Kier alpha value is -0.420. The van der Waals surface area contributed by atoms with Gasteiger partial charge in [-0.05, 0) is 18.6 Å². The van der Waals surface area contributed by atoms with Crippen LogP contribution in [-0.2, 0) is 22.6 Å². The van der Waals surface area contributed by atoms with Crippen LogP contribution < -0.4 is 5.73 Å². The van der Waals surface area contributed by atoms with Crippen LogP contribution in [0.25, 0.3) is 0 Å². The Labute approximate surface area is 88.8 Å². The summed E-state index contributed by atoms with van der Waals surface area (Å²) in [6.07, 6.45) is 0.950. The van der Waals surface area contributed by atoms with Crippen LogP contribution >= 0.6 is 11.3 Å². The van der Waals surface area contributed by atoms with Crippen molar-refractivity contribution in [1.29, 1.82) is 0 Å². The van der Waals surface area contributed by atoms with Crippen LogP contribution in [0.1, 0.15) is 16.2 Å². The first-order valence-corrected chi connectivity index (χ1v) is 5.53. The molecule has 0 unspecified atom stereocenters. The van der Waals surface area contributed by atoms with Gasteiger partial charge in [0.15, 0.2) is 0 Å². The summed E-state index contributed by atoms with van der Waals surface area (Å²) < 4.78 is 10.4. The van der Waals surface area contributed by atoms with Gasteiger partial charge in [0.25, 0.3) is 0 Å². The maximum absolute atomic E-state index is 5.51. The molecule has 3 nitrogen and oxygen atoms in total. The Morgan fingerprint density at radius 2 is 2.07 bits per heavy atom. The van der Waals surface area contributed by atoms with Gasteiger partial charge in [-0.1, -0.05) is 0 Å². The smallest absolute Gasteiger partial charge is 0.0809 e. The van der Waals surface area contributed by atoms with Crippen LogP contribution in [0.2, 0.25) is 0 Å². The molecule has 0 aliphatic rings. The molecule has 0 bridgehead atoms. The molecule has 0 saturated carbocycles. The quantitative estimate of drug-likeness (QED) is 0.705. The Balaban J connectivity index is 2.12. The summed E-state index contributed by atoms with van der Waals surface area (Å²) in [4.78, 5) is 2.45. The van der Waals surface area contributed by atoms with Crippen molar-refractivity contribution < 1.29 is 9.47 Å². The van der Waals surface area contributed by atoms with Crippen LogP contribution in [0.15, 0.2) is 12.1 Å². The molecule has 4 heteroatoms. The minimum atomic E-state index is 0.619. The van der Waals surface area contributed by atoms with E-state index in [9.17, 15) is 0 Å². The molecule has 1 heterocycles. The topological polar surface area (TPSA) is 44.5 Å². The van der Waals surface area contributed by atoms with E-state index in [1.807, 2.05) is 0 Å². The fourth-order valence-electron chi connectivity index (χ4n) is 1.09. The molecule has 2 N–H and O–H groups in total. The molecule has 0 atom stereocenters. The molecule has 0 aliphatic heterocycles. The van der Waals surface area contributed by atoms with E-state index in [0.717, 1.165) is 19.6 Å². The first-order chi connectivity index (χ1) is 6.86. The van der Waals surface area contributed by atoms with E-state index in [-0.39, 0.29) is 0 Å². The van der Waals surface area contributed by atoms with Crippen molar-refractivity contribution in [2.45, 2.75) is 19.6 Å². The second kappa shape index (κ2) is 6.95. The summed E-state index contributed by atoms with van der Waals surface area (Å²) in [5.41, 5.74) is 5.51. The lowest BCUT2D eigenvalue weighted by atomic mass is 10.4. The number of thiophene rings is 1. The Morgan fingerprint density at radius 1 is 1.29 bits per heavy atom. The molecule has 0 aromatic carbocycles. The van der Waals surface area contributed by atoms with Crippen molar-refractivity contribution in [2.24, 2.45) is 5.73 Å². The fraction of sp³-hybridized carbons (Fsp3) is 0.600. The standard InChI is InChI=1S/C10H17NO2S/c1-12-5-2-6-13-8-10-4-3-9(7-11)14-10/h3-4H,2,5-8,11H2,1H3. The van der Waals surface area contributed by atoms with Gasteiger partial charge in [0.05, 0.1) is 6.61 Å². The average molecular weight is 215 g/mol. The van der Waals surface area contributed by atoms with Crippen molar-refractivity contribution in [3.05, 3.63) is 21.9 Å². The molecular weight excluding hydrogens is 198 g/mol. The predicted molar refractivity (Wildman–Crippen MR) is 58.4 cm³/mol. The van der Waals surface area contributed by atoms with Gasteiger partial charge in [-0.25, -0.2) is 0 Å². The lowest BCUT2D eigenvalue weighted by molar-refractivity contribution is 0.0943. The van der Waals surface area contributed by atoms with E-state index in [1.165, 1.54) is 9.75 Å². The maximum atomic E-state index is 5.51. The van der Waals surface area contributed by atoms with Gasteiger partial charge in [0, 0.05) is 36.6 Å². The van der Waals surface area contributed by atoms with E-state index in [0.29, 0.717) is 13.2 Å². The van der Waals surface area contributed by atoms with E-state index in [1.54, 1.807) is 18.4 Å². The molecule has 0 radical (unpaired) electrons. The molecule has 1 aromatic heterocycles. The third kappa shape index (κ3) is 4.19. The third-order valence-electron chi connectivity index (χ3n) is 1.80. The molecule has 1 aromatic rings. The molecule has 14 heavy (non-hydrogen) atoms. The molecule has 0 saturated heterocycles. The monoisotopic (exact) mass is 215 g/mol. The van der Waals surface area contributed by atoms with Gasteiger partial charge in [-0.3, -0.25) is 0 Å². The minimum absolute atomic E-state index is 0.619. The number of methoxy groups -OCH3 is 1. The van der Waals surface area contributed by atoms with Crippen molar-refractivity contribution >= 4 is 11.3 Å². The number of nitrogens with two attached hydrogens (primary N) is 1. The van der Waals surface area contributed by atoms with Crippen molar-refractivity contribution in [3.8, 4) is 0 Å². The highest BCUT2D eigenvalue weighted by atomic mass is 32.1. The number of hydrogen-bond acceptors (Lipinski definition) is 4. The van der Waals surface area contributed by atoms with Crippen LogP contribution in [0.3, 0.4) is 0 Å². The summed E-state index contributed by atoms with van der Waals surface area (Å²) in [7, 11) is 1.70. The van der Waals surface area contributed by atoms with E-state index in [4.69, 9.17) is 15.2 Å². The number of hydrogen-bond donors (Lipinski definition) is 1. The molecule has 0 amide bonds. The maximum Gasteiger partial charge on any atom is 0.0809 e. The largest absolute Gasteiger partial charge is 0.385 e. The highest BCUT2D eigenvalue weighted by Crippen LogP contribution is 2.16. The van der Waals surface area contributed by atoms with Crippen molar-refractivity contribution in [1.82, 2.24) is 0 Å². The first kappa shape index (κ1) is 11.7. The van der Waals surface area contributed by atoms with Gasteiger partial charge in [0.1, 0.15) is 0 Å². The van der Waals surface area contributed by atoms with E-state index in [2.05, 4.69) is 12.1 Å². The lowest BCUT2D eigenvalue weighted by Gasteiger charge is -2.01. The summed E-state index contributed by atoms with van der Waals surface area (Å²) in [5, 5.41) is 0. The van der Waals surface area contributed by atoms with Crippen molar-refractivity contribution in [2.75, 3.05) is 20.3 Å². The molecule has 80 valence electrons. The van der Waals surface area contributed by atoms with E-state index < -0.39 is 0 Å². The fourth-order valence-corrected chi connectivity index (χ4v) is 1.92. The van der Waals surface area contributed by atoms with Crippen LogP contribution in [0, 0.1) is 0 Å². The second-order valence-electron chi connectivity index (χ2n) is 2.97. The van der Waals surface area contributed by atoms with Gasteiger partial charge in [-0.15, -0.1) is 11.3 Å². The first-order valence-electron chi connectivity index (χ1n) is 4.71. The molecule has 0 fully saturated rings. The van der Waals surface area contributed by atoms with E-state index >= 15 is 0 Å². The summed E-state index contributed by atoms with van der Waals surface area (Å²) in [6.45, 7) is 2.82. The Kier molecular flexibility index (Phi) is 5.78. The highest BCUT2D eigenvalue weighted by molar-refractivity contribution is 7.11. The summed E-state index contributed by atoms with van der Waals surface area (Å²) in [5.74, 6) is 0. The molecule has 1 rings (SSSR count). The Morgan fingerprint density at radius 3 is 2.71 bits per heavy atom. The zero-order valence-electron chi connectivity index (χ0n) is 8.49.